The normalized spacial score (nSPS) is 9.83. The SMILES string of the molecule is Cc1cc(Br)cc([N+](=O)[O-])c1OCCCCC#N. The van der Waals surface area contributed by atoms with Crippen LogP contribution in [-0.4, -0.2) is 11.5 Å². The maximum Gasteiger partial charge on any atom is 0.312 e. The molecule has 0 fully saturated rings. The van der Waals surface area contributed by atoms with Gasteiger partial charge >= 0.3 is 5.69 Å². The average molecular weight is 313 g/mol. The molecule has 0 atom stereocenters. The summed E-state index contributed by atoms with van der Waals surface area (Å²) in [5.74, 6) is 0.306. The van der Waals surface area contributed by atoms with Crippen molar-refractivity contribution >= 4 is 21.6 Å². The Morgan fingerprint density at radius 1 is 1.50 bits per heavy atom. The number of hydrogen-bond donors (Lipinski definition) is 0. The van der Waals surface area contributed by atoms with Gasteiger partial charge in [-0.3, -0.25) is 10.1 Å². The van der Waals surface area contributed by atoms with Crippen molar-refractivity contribution < 1.29 is 9.66 Å². The summed E-state index contributed by atoms with van der Waals surface area (Å²) in [5, 5.41) is 19.3. The zero-order valence-corrected chi connectivity index (χ0v) is 11.6. The molecule has 0 radical (unpaired) electrons. The van der Waals surface area contributed by atoms with E-state index in [1.54, 1.807) is 13.0 Å². The van der Waals surface area contributed by atoms with Gasteiger partial charge in [-0.25, -0.2) is 0 Å². The van der Waals surface area contributed by atoms with E-state index in [2.05, 4.69) is 15.9 Å². The lowest BCUT2D eigenvalue weighted by atomic mass is 10.2. The number of nitro groups is 1. The fraction of sp³-hybridized carbons (Fsp3) is 0.417. The van der Waals surface area contributed by atoms with E-state index < -0.39 is 4.92 Å². The monoisotopic (exact) mass is 312 g/mol. The van der Waals surface area contributed by atoms with Gasteiger partial charge < -0.3 is 4.74 Å². The van der Waals surface area contributed by atoms with Gasteiger partial charge in [0, 0.05) is 17.0 Å². The Balaban J connectivity index is 2.75. The minimum absolute atomic E-state index is 0.0397. The van der Waals surface area contributed by atoms with Gasteiger partial charge in [-0.15, -0.1) is 0 Å². The molecule has 0 saturated heterocycles. The van der Waals surface area contributed by atoms with Gasteiger partial charge in [0.05, 0.1) is 17.6 Å². The minimum Gasteiger partial charge on any atom is -0.487 e. The van der Waals surface area contributed by atoms with E-state index in [0.29, 0.717) is 29.7 Å². The zero-order valence-electron chi connectivity index (χ0n) is 9.98. The number of halogens is 1. The molecule has 0 saturated carbocycles. The van der Waals surface area contributed by atoms with Crippen LogP contribution in [-0.2, 0) is 0 Å². The number of benzene rings is 1. The van der Waals surface area contributed by atoms with Crippen molar-refractivity contribution in [2.75, 3.05) is 6.61 Å². The van der Waals surface area contributed by atoms with E-state index in [1.165, 1.54) is 6.07 Å². The average Bonchev–Trinajstić information content (AvgIpc) is 2.30. The van der Waals surface area contributed by atoms with E-state index in [-0.39, 0.29) is 5.69 Å². The van der Waals surface area contributed by atoms with Gasteiger partial charge in [0.15, 0.2) is 5.75 Å². The van der Waals surface area contributed by atoms with Crippen molar-refractivity contribution in [3.05, 3.63) is 32.3 Å². The smallest absolute Gasteiger partial charge is 0.312 e. The van der Waals surface area contributed by atoms with Crippen molar-refractivity contribution in [3.63, 3.8) is 0 Å². The summed E-state index contributed by atoms with van der Waals surface area (Å²) in [7, 11) is 0. The maximum absolute atomic E-state index is 10.9. The predicted molar refractivity (Wildman–Crippen MR) is 70.5 cm³/mol. The number of hydrogen-bond acceptors (Lipinski definition) is 4. The van der Waals surface area contributed by atoms with Crippen molar-refractivity contribution in [2.45, 2.75) is 26.2 Å². The van der Waals surface area contributed by atoms with Gasteiger partial charge in [0.2, 0.25) is 0 Å². The van der Waals surface area contributed by atoms with Crippen molar-refractivity contribution in [2.24, 2.45) is 0 Å². The molecule has 0 spiro atoms. The summed E-state index contributed by atoms with van der Waals surface area (Å²) in [5.41, 5.74) is 0.679. The third-order valence-corrected chi connectivity index (χ3v) is 2.80. The van der Waals surface area contributed by atoms with Gasteiger partial charge in [0.25, 0.3) is 0 Å². The van der Waals surface area contributed by atoms with Crippen LogP contribution in [0.25, 0.3) is 0 Å². The number of rotatable bonds is 6. The second-order valence-electron chi connectivity index (χ2n) is 3.79. The lowest BCUT2D eigenvalue weighted by molar-refractivity contribution is -0.386. The van der Waals surface area contributed by atoms with Crippen LogP contribution in [0.1, 0.15) is 24.8 Å². The number of nitro benzene ring substituents is 1. The molecule has 0 N–H and O–H groups in total. The Morgan fingerprint density at radius 2 is 2.22 bits per heavy atom. The number of unbranched alkanes of at least 4 members (excludes halogenated alkanes) is 2. The van der Waals surface area contributed by atoms with Crippen LogP contribution in [0.5, 0.6) is 5.75 Å². The first-order valence-corrected chi connectivity index (χ1v) is 6.30. The van der Waals surface area contributed by atoms with E-state index in [4.69, 9.17) is 10.00 Å². The van der Waals surface area contributed by atoms with E-state index in [0.717, 1.165) is 12.0 Å². The summed E-state index contributed by atoms with van der Waals surface area (Å²) < 4.78 is 6.11. The molecule has 6 heteroatoms. The van der Waals surface area contributed by atoms with Crippen molar-refractivity contribution in [1.29, 1.82) is 5.26 Å². The largest absolute Gasteiger partial charge is 0.487 e. The first kappa shape index (κ1) is 14.5. The molecule has 1 rings (SSSR count). The van der Waals surface area contributed by atoms with Crippen molar-refractivity contribution in [1.82, 2.24) is 0 Å². The lowest BCUT2D eigenvalue weighted by Crippen LogP contribution is -2.02. The number of nitrogens with zero attached hydrogens (tertiary/aromatic N) is 2. The highest BCUT2D eigenvalue weighted by Crippen LogP contribution is 2.34. The van der Waals surface area contributed by atoms with Crippen LogP contribution < -0.4 is 4.74 Å². The summed E-state index contributed by atoms with van der Waals surface area (Å²) in [6.07, 6.45) is 1.92. The van der Waals surface area contributed by atoms with Crippen LogP contribution in [0.4, 0.5) is 5.69 Å². The van der Waals surface area contributed by atoms with Crippen molar-refractivity contribution in [3.8, 4) is 11.8 Å². The molecule has 0 heterocycles. The second-order valence-corrected chi connectivity index (χ2v) is 4.71. The summed E-state index contributed by atoms with van der Waals surface area (Å²) >= 11 is 3.22. The van der Waals surface area contributed by atoms with Crippen LogP contribution >= 0.6 is 15.9 Å². The maximum atomic E-state index is 10.9. The topological polar surface area (TPSA) is 76.2 Å². The van der Waals surface area contributed by atoms with E-state index in [9.17, 15) is 10.1 Å². The summed E-state index contributed by atoms with van der Waals surface area (Å²) in [6.45, 7) is 2.15. The number of aryl methyl sites for hydroxylation is 1. The number of ether oxygens (including phenoxy) is 1. The highest BCUT2D eigenvalue weighted by Gasteiger charge is 2.18. The fourth-order valence-electron chi connectivity index (χ4n) is 1.52. The zero-order chi connectivity index (χ0) is 13.5. The third-order valence-electron chi connectivity index (χ3n) is 2.35. The molecule has 0 aliphatic carbocycles. The molecule has 0 unspecified atom stereocenters. The molecule has 96 valence electrons. The first-order chi connectivity index (χ1) is 8.56. The highest BCUT2D eigenvalue weighted by molar-refractivity contribution is 9.10. The lowest BCUT2D eigenvalue weighted by Gasteiger charge is -2.09. The van der Waals surface area contributed by atoms with Crippen LogP contribution in [0.15, 0.2) is 16.6 Å². The standard InChI is InChI=1S/C12H13BrN2O3/c1-9-7-10(13)8-11(15(16)17)12(9)18-6-4-2-3-5-14/h7-8H,2-4,6H2,1H3. The Labute approximate surface area is 114 Å². The Hall–Kier alpha value is -1.61. The van der Waals surface area contributed by atoms with Crippen LogP contribution in [0.2, 0.25) is 0 Å². The highest BCUT2D eigenvalue weighted by atomic mass is 79.9. The molecule has 0 aromatic heterocycles. The molecule has 1 aromatic rings. The fourth-order valence-corrected chi connectivity index (χ4v) is 2.08. The van der Waals surface area contributed by atoms with Gasteiger partial charge in [-0.2, -0.15) is 5.26 Å². The predicted octanol–water partition coefficient (Wildman–Crippen LogP) is 3.74. The van der Waals surface area contributed by atoms with Gasteiger partial charge in [-0.05, 0) is 31.4 Å². The molecular weight excluding hydrogens is 300 g/mol. The van der Waals surface area contributed by atoms with E-state index >= 15 is 0 Å². The summed E-state index contributed by atoms with van der Waals surface area (Å²) in [4.78, 5) is 10.5. The molecular formula is C12H13BrN2O3. The van der Waals surface area contributed by atoms with Crippen LogP contribution in [0.3, 0.4) is 0 Å². The molecule has 0 aliphatic heterocycles. The molecule has 0 amide bonds. The molecule has 0 bridgehead atoms. The molecule has 0 aliphatic rings. The summed E-state index contributed by atoms with van der Waals surface area (Å²) in [6, 6.07) is 5.25. The van der Waals surface area contributed by atoms with E-state index in [1.807, 2.05) is 6.07 Å². The van der Waals surface area contributed by atoms with Crippen LogP contribution in [0, 0.1) is 28.4 Å². The third kappa shape index (κ3) is 4.00. The molecule has 18 heavy (non-hydrogen) atoms. The molecule has 5 nitrogen and oxygen atoms in total. The first-order valence-electron chi connectivity index (χ1n) is 5.50. The quantitative estimate of drug-likeness (QED) is 0.455. The Kier molecular flexibility index (Phi) is 5.59. The van der Waals surface area contributed by atoms with Gasteiger partial charge in [0.1, 0.15) is 0 Å². The second kappa shape index (κ2) is 6.97. The minimum atomic E-state index is -0.456. The Bertz CT molecular complexity index is 483. The molecule has 1 aromatic carbocycles. The van der Waals surface area contributed by atoms with Gasteiger partial charge in [-0.1, -0.05) is 15.9 Å². The Morgan fingerprint density at radius 3 is 2.83 bits per heavy atom. The number of nitriles is 1.